The molecule has 8 heteroatoms. The molecule has 1 saturated carbocycles. The predicted molar refractivity (Wildman–Crippen MR) is 124 cm³/mol. The van der Waals surface area contributed by atoms with Crippen LogP contribution >= 0.6 is 0 Å². The minimum atomic E-state index is -0.299. The van der Waals surface area contributed by atoms with Gasteiger partial charge in [0.1, 0.15) is 18.5 Å². The Balaban J connectivity index is 1.36. The molecule has 1 aromatic rings. The maximum atomic E-state index is 13.2. The summed E-state index contributed by atoms with van der Waals surface area (Å²) in [7, 11) is 1.78. The standard InChI is InChI=1S/C25H35N3O5/c1-16(29)27-18-8-11-22-20(12-18)25(31)28(2)21-10-9-19(33-23(21)15-32-22)13-24(30)26-14-17-6-4-3-5-7-17/h8,11-12,17,19,21,23H,3-7,9-10,13-15H2,1-2H3,(H,26,30)(H,27,29)/t19-,21-,23+/m1/s1. The van der Waals surface area contributed by atoms with E-state index in [1.165, 1.54) is 39.0 Å². The van der Waals surface area contributed by atoms with Crippen molar-refractivity contribution in [2.24, 2.45) is 5.92 Å². The van der Waals surface area contributed by atoms with Crippen LogP contribution in [0.1, 0.15) is 68.6 Å². The Hall–Kier alpha value is -2.61. The van der Waals surface area contributed by atoms with Crippen LogP contribution in [0.3, 0.4) is 0 Å². The zero-order valence-electron chi connectivity index (χ0n) is 19.6. The van der Waals surface area contributed by atoms with Crippen molar-refractivity contribution >= 4 is 23.4 Å². The van der Waals surface area contributed by atoms with E-state index in [9.17, 15) is 14.4 Å². The summed E-state index contributed by atoms with van der Waals surface area (Å²) in [6.07, 6.45) is 7.57. The van der Waals surface area contributed by atoms with Gasteiger partial charge < -0.3 is 25.0 Å². The number of nitrogens with zero attached hydrogens (tertiary/aromatic N) is 1. The summed E-state index contributed by atoms with van der Waals surface area (Å²) in [4.78, 5) is 38.8. The van der Waals surface area contributed by atoms with Crippen LogP contribution in [0, 0.1) is 5.92 Å². The Kier molecular flexibility index (Phi) is 7.53. The van der Waals surface area contributed by atoms with E-state index >= 15 is 0 Å². The lowest BCUT2D eigenvalue weighted by Crippen LogP contribution is -2.54. The van der Waals surface area contributed by atoms with Crippen molar-refractivity contribution in [3.8, 4) is 5.75 Å². The predicted octanol–water partition coefficient (Wildman–Crippen LogP) is 3.11. The second kappa shape index (κ2) is 10.5. The first-order valence-corrected chi connectivity index (χ1v) is 12.1. The molecular weight excluding hydrogens is 422 g/mol. The number of hydrogen-bond donors (Lipinski definition) is 2. The Labute approximate surface area is 195 Å². The molecule has 1 aromatic carbocycles. The molecule has 3 atom stereocenters. The summed E-state index contributed by atoms with van der Waals surface area (Å²) in [5.74, 6) is 0.743. The van der Waals surface area contributed by atoms with Gasteiger partial charge in [-0.25, -0.2) is 0 Å². The summed E-state index contributed by atoms with van der Waals surface area (Å²) in [6.45, 7) is 2.49. The molecule has 1 aliphatic carbocycles. The first kappa shape index (κ1) is 23.5. The SMILES string of the molecule is CC(=O)Nc1ccc2c(c1)C(=O)N(C)[C@@H]1CC[C@H](CC(=O)NCC3CCCCC3)O[C@H]1CO2. The largest absolute Gasteiger partial charge is 0.490 e. The second-order valence-electron chi connectivity index (χ2n) is 9.57. The molecule has 3 aliphatic rings. The number of carbonyl (C=O) groups excluding carboxylic acids is 3. The first-order chi connectivity index (χ1) is 15.9. The Bertz CT molecular complexity index is 883. The van der Waals surface area contributed by atoms with Crippen LogP contribution in [0.2, 0.25) is 0 Å². The van der Waals surface area contributed by atoms with Gasteiger partial charge in [0.05, 0.1) is 24.1 Å². The molecule has 2 fully saturated rings. The highest BCUT2D eigenvalue weighted by atomic mass is 16.5. The maximum absolute atomic E-state index is 13.2. The molecule has 8 nitrogen and oxygen atoms in total. The van der Waals surface area contributed by atoms with Gasteiger partial charge in [0.2, 0.25) is 11.8 Å². The summed E-state index contributed by atoms with van der Waals surface area (Å²) in [6, 6.07) is 4.94. The van der Waals surface area contributed by atoms with E-state index < -0.39 is 0 Å². The number of nitrogens with one attached hydrogen (secondary N) is 2. The van der Waals surface area contributed by atoms with Gasteiger partial charge in [0, 0.05) is 26.2 Å². The van der Waals surface area contributed by atoms with Gasteiger partial charge in [0.15, 0.2) is 0 Å². The molecule has 2 heterocycles. The molecule has 2 N–H and O–H groups in total. The zero-order chi connectivity index (χ0) is 23.4. The Morgan fingerprint density at radius 2 is 1.91 bits per heavy atom. The Morgan fingerprint density at radius 1 is 1.12 bits per heavy atom. The summed E-state index contributed by atoms with van der Waals surface area (Å²) < 4.78 is 12.2. The fourth-order valence-electron chi connectivity index (χ4n) is 5.24. The highest BCUT2D eigenvalue weighted by Gasteiger charge is 2.39. The average molecular weight is 458 g/mol. The molecule has 4 rings (SSSR count). The van der Waals surface area contributed by atoms with Crippen LogP contribution in [0.5, 0.6) is 5.75 Å². The minimum Gasteiger partial charge on any atom is -0.490 e. The topological polar surface area (TPSA) is 97.0 Å². The van der Waals surface area contributed by atoms with Crippen molar-refractivity contribution in [2.75, 3.05) is 25.5 Å². The lowest BCUT2D eigenvalue weighted by Gasteiger charge is -2.42. The number of hydrogen-bond acceptors (Lipinski definition) is 5. The highest BCUT2D eigenvalue weighted by molar-refractivity contribution is 5.99. The lowest BCUT2D eigenvalue weighted by molar-refractivity contribution is -0.134. The molecule has 33 heavy (non-hydrogen) atoms. The summed E-state index contributed by atoms with van der Waals surface area (Å²) in [5, 5.41) is 5.81. The summed E-state index contributed by atoms with van der Waals surface area (Å²) >= 11 is 0. The number of rotatable bonds is 5. The zero-order valence-corrected chi connectivity index (χ0v) is 19.6. The number of ether oxygens (including phenoxy) is 2. The van der Waals surface area contributed by atoms with Gasteiger partial charge in [-0.15, -0.1) is 0 Å². The van der Waals surface area contributed by atoms with Crippen molar-refractivity contribution in [1.29, 1.82) is 0 Å². The molecule has 0 radical (unpaired) electrons. The van der Waals surface area contributed by atoms with Crippen LogP contribution in [0.25, 0.3) is 0 Å². The van der Waals surface area contributed by atoms with Gasteiger partial charge in [-0.2, -0.15) is 0 Å². The van der Waals surface area contributed by atoms with Crippen LogP contribution in [0.15, 0.2) is 18.2 Å². The monoisotopic (exact) mass is 457 g/mol. The normalized spacial score (nSPS) is 25.7. The molecule has 0 unspecified atom stereocenters. The third kappa shape index (κ3) is 5.85. The van der Waals surface area contributed by atoms with E-state index in [4.69, 9.17) is 9.47 Å². The molecule has 0 aromatic heterocycles. The van der Waals surface area contributed by atoms with Crippen LogP contribution in [-0.4, -0.2) is 61.1 Å². The number of likely N-dealkylation sites (N-methyl/N-ethyl adjacent to an activating group) is 1. The third-order valence-corrected chi connectivity index (χ3v) is 7.06. The van der Waals surface area contributed by atoms with Crippen LogP contribution in [0.4, 0.5) is 5.69 Å². The quantitative estimate of drug-likeness (QED) is 0.708. The van der Waals surface area contributed by atoms with Crippen molar-refractivity contribution < 1.29 is 23.9 Å². The number of benzene rings is 1. The molecule has 0 bridgehead atoms. The van der Waals surface area contributed by atoms with E-state index in [0.29, 0.717) is 42.4 Å². The number of anilines is 1. The maximum Gasteiger partial charge on any atom is 0.257 e. The van der Waals surface area contributed by atoms with Gasteiger partial charge in [0.25, 0.3) is 5.91 Å². The molecule has 180 valence electrons. The first-order valence-electron chi connectivity index (χ1n) is 12.1. The van der Waals surface area contributed by atoms with Crippen molar-refractivity contribution in [1.82, 2.24) is 10.2 Å². The van der Waals surface area contributed by atoms with E-state index in [-0.39, 0.29) is 36.0 Å². The van der Waals surface area contributed by atoms with Gasteiger partial charge >= 0.3 is 0 Å². The van der Waals surface area contributed by atoms with E-state index in [1.54, 1.807) is 30.1 Å². The average Bonchev–Trinajstić information content (AvgIpc) is 2.81. The molecule has 0 spiro atoms. The number of fused-ring (bicyclic) bond motifs is 2. The smallest absolute Gasteiger partial charge is 0.257 e. The molecule has 3 amide bonds. The second-order valence-corrected chi connectivity index (χ2v) is 9.57. The van der Waals surface area contributed by atoms with Crippen molar-refractivity contribution in [3.63, 3.8) is 0 Å². The fourth-order valence-corrected chi connectivity index (χ4v) is 5.24. The van der Waals surface area contributed by atoms with Crippen molar-refractivity contribution in [3.05, 3.63) is 23.8 Å². The fraction of sp³-hybridized carbons (Fsp3) is 0.640. The van der Waals surface area contributed by atoms with E-state index in [1.807, 2.05) is 0 Å². The van der Waals surface area contributed by atoms with Gasteiger partial charge in [-0.3, -0.25) is 14.4 Å². The minimum absolute atomic E-state index is 0.0380. The summed E-state index contributed by atoms with van der Waals surface area (Å²) in [5.41, 5.74) is 0.981. The molecule has 2 aliphatic heterocycles. The lowest BCUT2D eigenvalue weighted by atomic mass is 9.89. The van der Waals surface area contributed by atoms with E-state index in [2.05, 4.69) is 10.6 Å². The highest BCUT2D eigenvalue weighted by Crippen LogP contribution is 2.32. The number of amides is 3. The molecular formula is C25H35N3O5. The van der Waals surface area contributed by atoms with Gasteiger partial charge in [-0.05, 0) is 49.8 Å². The van der Waals surface area contributed by atoms with E-state index in [0.717, 1.165) is 13.0 Å². The Morgan fingerprint density at radius 3 is 2.67 bits per heavy atom. The van der Waals surface area contributed by atoms with Crippen LogP contribution < -0.4 is 15.4 Å². The molecule has 1 saturated heterocycles. The van der Waals surface area contributed by atoms with Crippen LogP contribution in [-0.2, 0) is 14.3 Å². The van der Waals surface area contributed by atoms with Gasteiger partial charge in [-0.1, -0.05) is 19.3 Å². The number of carbonyl (C=O) groups is 3. The van der Waals surface area contributed by atoms with Crippen molar-refractivity contribution in [2.45, 2.75) is 76.5 Å². The third-order valence-electron chi connectivity index (χ3n) is 7.06.